The molecule has 4 rings (SSSR count). The maximum atomic E-state index is 13.6. The number of piperidine rings is 1. The van der Waals surface area contributed by atoms with Crippen LogP contribution in [0.25, 0.3) is 6.08 Å². The molecule has 1 saturated heterocycles. The number of benzene rings is 2. The summed E-state index contributed by atoms with van der Waals surface area (Å²) >= 11 is 0. The van der Waals surface area contributed by atoms with Crippen molar-refractivity contribution in [2.75, 3.05) is 20.2 Å². The molecule has 0 saturated carbocycles. The second-order valence-electron chi connectivity index (χ2n) is 7.29. The maximum Gasteiger partial charge on any atom is 0.330 e. The number of hydrogen-bond donors (Lipinski definition) is 1. The van der Waals surface area contributed by atoms with Crippen LogP contribution in [0, 0.1) is 0 Å². The van der Waals surface area contributed by atoms with E-state index in [1.54, 1.807) is 12.1 Å². The lowest BCUT2D eigenvalue weighted by atomic mass is 9.94. The zero-order valence-corrected chi connectivity index (χ0v) is 16.4. The van der Waals surface area contributed by atoms with Gasteiger partial charge in [-0.1, -0.05) is 36.4 Å². The third kappa shape index (κ3) is 3.89. The molecule has 29 heavy (non-hydrogen) atoms. The molecule has 0 unspecified atom stereocenters. The summed E-state index contributed by atoms with van der Waals surface area (Å²) in [6, 6.07) is 15.4. The highest BCUT2D eigenvalue weighted by atomic mass is 16.5. The maximum absolute atomic E-state index is 13.6. The number of nitrogens with one attached hydrogen (secondary N) is 1. The van der Waals surface area contributed by atoms with Gasteiger partial charge in [-0.15, -0.1) is 0 Å². The van der Waals surface area contributed by atoms with Gasteiger partial charge in [0.05, 0.1) is 12.7 Å². The van der Waals surface area contributed by atoms with Crippen molar-refractivity contribution in [3.8, 4) is 5.75 Å². The van der Waals surface area contributed by atoms with Crippen molar-refractivity contribution >= 4 is 18.0 Å². The highest BCUT2D eigenvalue weighted by Crippen LogP contribution is 2.39. The third-order valence-electron chi connectivity index (χ3n) is 5.45. The molecule has 2 heterocycles. The van der Waals surface area contributed by atoms with E-state index in [2.05, 4.69) is 10.1 Å². The Balaban J connectivity index is 1.70. The van der Waals surface area contributed by atoms with E-state index in [4.69, 9.17) is 4.74 Å². The minimum Gasteiger partial charge on any atom is -0.467 e. The van der Waals surface area contributed by atoms with Crippen LogP contribution in [0.1, 0.15) is 34.3 Å². The van der Waals surface area contributed by atoms with E-state index in [1.165, 1.54) is 13.2 Å². The van der Waals surface area contributed by atoms with Gasteiger partial charge in [0.25, 0.3) is 5.91 Å². The van der Waals surface area contributed by atoms with Crippen LogP contribution < -0.4 is 10.1 Å². The van der Waals surface area contributed by atoms with E-state index in [1.807, 2.05) is 47.4 Å². The van der Waals surface area contributed by atoms with E-state index in [0.717, 1.165) is 37.1 Å². The smallest absolute Gasteiger partial charge is 0.330 e. The van der Waals surface area contributed by atoms with Crippen molar-refractivity contribution in [2.24, 2.45) is 0 Å². The normalized spacial score (nSPS) is 17.8. The number of ether oxygens (including phenoxy) is 2. The first-order valence-corrected chi connectivity index (χ1v) is 9.77. The molecule has 1 fully saturated rings. The van der Waals surface area contributed by atoms with Crippen LogP contribution in [0.2, 0.25) is 0 Å². The van der Waals surface area contributed by atoms with Gasteiger partial charge < -0.3 is 14.8 Å². The molecule has 0 radical (unpaired) electrons. The van der Waals surface area contributed by atoms with E-state index < -0.39 is 11.7 Å². The fourth-order valence-corrected chi connectivity index (χ4v) is 3.90. The number of carbonyl (C=O) groups is 2. The van der Waals surface area contributed by atoms with Crippen molar-refractivity contribution in [1.82, 2.24) is 10.2 Å². The van der Waals surface area contributed by atoms with Gasteiger partial charge in [0, 0.05) is 38.6 Å². The summed E-state index contributed by atoms with van der Waals surface area (Å²) in [7, 11) is 1.33. The van der Waals surface area contributed by atoms with Crippen LogP contribution in [-0.2, 0) is 16.1 Å². The SMILES string of the molecule is COC(=O)C=Cc1ccc2c(c1)C(=O)N(Cc1ccccc1)C1(CCNCC1)O2. The quantitative estimate of drug-likeness (QED) is 0.640. The molecular formula is C23H24N2O4. The summed E-state index contributed by atoms with van der Waals surface area (Å²) in [6.45, 7) is 2.09. The average Bonchev–Trinajstić information content (AvgIpc) is 2.76. The Morgan fingerprint density at radius 3 is 2.69 bits per heavy atom. The molecule has 2 aromatic carbocycles. The van der Waals surface area contributed by atoms with Crippen LogP contribution in [0.3, 0.4) is 0 Å². The fraction of sp³-hybridized carbons (Fsp3) is 0.304. The van der Waals surface area contributed by atoms with Crippen LogP contribution in [0.5, 0.6) is 5.75 Å². The zero-order chi connectivity index (χ0) is 20.3. The summed E-state index contributed by atoms with van der Waals surface area (Å²) in [4.78, 5) is 26.8. The monoisotopic (exact) mass is 392 g/mol. The first-order chi connectivity index (χ1) is 14.1. The Hall–Kier alpha value is -3.12. The standard InChI is InChI=1S/C23H24N2O4/c1-28-21(26)10-8-17-7-9-20-19(15-17)22(27)25(16-18-5-3-2-4-6-18)23(29-20)11-13-24-14-12-23/h2-10,15,24H,11-14,16H2,1H3. The first kappa shape index (κ1) is 19.2. The van der Waals surface area contributed by atoms with Gasteiger partial charge >= 0.3 is 5.97 Å². The highest BCUT2D eigenvalue weighted by Gasteiger charge is 2.47. The number of amides is 1. The minimum atomic E-state index is -0.644. The molecule has 6 heteroatoms. The van der Waals surface area contributed by atoms with Crippen LogP contribution in [-0.4, -0.2) is 42.7 Å². The molecule has 0 atom stereocenters. The van der Waals surface area contributed by atoms with Gasteiger partial charge in [-0.05, 0) is 29.3 Å². The molecule has 2 aliphatic heterocycles. The van der Waals surface area contributed by atoms with E-state index in [-0.39, 0.29) is 5.91 Å². The summed E-state index contributed by atoms with van der Waals surface area (Å²) in [5, 5.41) is 3.35. The fourth-order valence-electron chi connectivity index (χ4n) is 3.90. The summed E-state index contributed by atoms with van der Waals surface area (Å²) in [5.41, 5.74) is 1.67. The van der Waals surface area contributed by atoms with E-state index in [0.29, 0.717) is 17.9 Å². The molecule has 0 aromatic heterocycles. The molecule has 1 N–H and O–H groups in total. The van der Waals surface area contributed by atoms with Gasteiger partial charge in [0.2, 0.25) is 0 Å². The predicted octanol–water partition coefficient (Wildman–Crippen LogP) is 2.99. The molecule has 2 aliphatic rings. The number of fused-ring (bicyclic) bond motifs is 1. The van der Waals surface area contributed by atoms with Gasteiger partial charge in [-0.25, -0.2) is 4.79 Å². The lowest BCUT2D eigenvalue weighted by molar-refractivity contribution is -0.134. The van der Waals surface area contributed by atoms with Gasteiger partial charge in [-0.2, -0.15) is 0 Å². The largest absolute Gasteiger partial charge is 0.467 e. The lowest BCUT2D eigenvalue weighted by Gasteiger charge is -2.49. The number of hydrogen-bond acceptors (Lipinski definition) is 5. The second kappa shape index (κ2) is 8.09. The minimum absolute atomic E-state index is 0.0506. The average molecular weight is 392 g/mol. The topological polar surface area (TPSA) is 67.9 Å². The van der Waals surface area contributed by atoms with Crippen LogP contribution >= 0.6 is 0 Å². The van der Waals surface area contributed by atoms with Crippen molar-refractivity contribution in [2.45, 2.75) is 25.1 Å². The number of carbonyl (C=O) groups excluding carboxylic acids is 2. The predicted molar refractivity (Wildman–Crippen MR) is 109 cm³/mol. The zero-order valence-electron chi connectivity index (χ0n) is 16.4. The molecule has 6 nitrogen and oxygen atoms in total. The summed E-state index contributed by atoms with van der Waals surface area (Å²) in [6.07, 6.45) is 4.44. The Bertz CT molecular complexity index is 933. The first-order valence-electron chi connectivity index (χ1n) is 9.77. The molecule has 2 aromatic rings. The summed E-state index contributed by atoms with van der Waals surface area (Å²) in [5.74, 6) is 0.103. The lowest BCUT2D eigenvalue weighted by Crippen LogP contribution is -2.62. The van der Waals surface area contributed by atoms with Crippen molar-refractivity contribution in [3.63, 3.8) is 0 Å². The number of methoxy groups -OCH3 is 1. The van der Waals surface area contributed by atoms with Crippen molar-refractivity contribution < 1.29 is 19.1 Å². The number of nitrogens with zero attached hydrogens (tertiary/aromatic N) is 1. The Morgan fingerprint density at radius 2 is 1.97 bits per heavy atom. The third-order valence-corrected chi connectivity index (χ3v) is 5.45. The molecule has 1 amide bonds. The molecule has 0 aliphatic carbocycles. The number of esters is 1. The van der Waals surface area contributed by atoms with E-state index >= 15 is 0 Å². The Morgan fingerprint density at radius 1 is 1.21 bits per heavy atom. The number of rotatable bonds is 4. The summed E-state index contributed by atoms with van der Waals surface area (Å²) < 4.78 is 11.1. The van der Waals surface area contributed by atoms with Crippen LogP contribution in [0.15, 0.2) is 54.6 Å². The molecule has 150 valence electrons. The second-order valence-corrected chi connectivity index (χ2v) is 7.29. The highest BCUT2D eigenvalue weighted by molar-refractivity contribution is 5.99. The molecular weight excluding hydrogens is 368 g/mol. The van der Waals surface area contributed by atoms with Crippen LogP contribution in [0.4, 0.5) is 0 Å². The molecule has 0 bridgehead atoms. The Labute approximate surface area is 170 Å². The van der Waals surface area contributed by atoms with Gasteiger partial charge in [0.15, 0.2) is 5.72 Å². The van der Waals surface area contributed by atoms with Crippen molar-refractivity contribution in [1.29, 1.82) is 0 Å². The van der Waals surface area contributed by atoms with Gasteiger partial charge in [-0.3, -0.25) is 9.69 Å². The van der Waals surface area contributed by atoms with E-state index in [9.17, 15) is 9.59 Å². The van der Waals surface area contributed by atoms with Gasteiger partial charge in [0.1, 0.15) is 5.75 Å². The van der Waals surface area contributed by atoms with Crippen molar-refractivity contribution in [3.05, 3.63) is 71.3 Å². The molecule has 1 spiro atoms. The Kier molecular flexibility index (Phi) is 5.36.